The highest BCUT2D eigenvalue weighted by Gasteiger charge is 2.19. The third-order valence-electron chi connectivity index (χ3n) is 2.47. The van der Waals surface area contributed by atoms with Crippen molar-refractivity contribution in [3.05, 3.63) is 35.9 Å². The van der Waals surface area contributed by atoms with Crippen molar-refractivity contribution in [3.8, 4) is 0 Å². The van der Waals surface area contributed by atoms with Gasteiger partial charge in [-0.15, -0.1) is 0 Å². The highest BCUT2D eigenvalue weighted by Crippen LogP contribution is 2.14. The molecule has 0 heterocycles. The van der Waals surface area contributed by atoms with Crippen LogP contribution in [0, 0.1) is 0 Å². The van der Waals surface area contributed by atoms with E-state index in [0.29, 0.717) is 0 Å². The number of rotatable bonds is 5. The Morgan fingerprint density at radius 3 is 2.36 bits per heavy atom. The molecule has 0 amide bonds. The first-order valence-electron chi connectivity index (χ1n) is 5.17. The van der Waals surface area contributed by atoms with Gasteiger partial charge in [0.25, 0.3) is 0 Å². The van der Waals surface area contributed by atoms with Crippen molar-refractivity contribution >= 4 is 8.07 Å². The molecule has 0 aliphatic heterocycles. The zero-order valence-corrected chi connectivity index (χ0v) is 10.4. The predicted molar refractivity (Wildman–Crippen MR) is 64.3 cm³/mol. The highest BCUT2D eigenvalue weighted by atomic mass is 28.3. The molecule has 0 aliphatic rings. The quantitative estimate of drug-likeness (QED) is 0.676. The van der Waals surface area contributed by atoms with E-state index < -0.39 is 8.07 Å². The average Bonchev–Trinajstić information content (AvgIpc) is 2.17. The first kappa shape index (κ1) is 11.5. The van der Waals surface area contributed by atoms with Crippen molar-refractivity contribution < 1.29 is 4.74 Å². The van der Waals surface area contributed by atoms with E-state index in [9.17, 15) is 0 Å². The molecule has 14 heavy (non-hydrogen) atoms. The number of benzene rings is 1. The summed E-state index contributed by atoms with van der Waals surface area (Å²) in [5.74, 6) is 0. The molecule has 0 saturated heterocycles. The van der Waals surface area contributed by atoms with Crippen molar-refractivity contribution in [1.82, 2.24) is 0 Å². The highest BCUT2D eigenvalue weighted by molar-refractivity contribution is 6.77. The summed E-state index contributed by atoms with van der Waals surface area (Å²) in [6.45, 7) is 4.78. The molecule has 0 radical (unpaired) electrons. The molecule has 78 valence electrons. The Morgan fingerprint density at radius 1 is 1.14 bits per heavy atom. The van der Waals surface area contributed by atoms with E-state index in [2.05, 4.69) is 43.4 Å². The van der Waals surface area contributed by atoms with E-state index >= 15 is 0 Å². The maximum absolute atomic E-state index is 5.26. The standard InChI is InChI=1S/C12H20OSi/c1-13-11-14(2,3)10-9-12-7-5-4-6-8-12/h4-8H,9-11H2,1-3H3. The van der Waals surface area contributed by atoms with E-state index in [1.165, 1.54) is 18.0 Å². The molecule has 0 aromatic heterocycles. The zero-order chi connectivity index (χ0) is 10.4. The van der Waals surface area contributed by atoms with Crippen LogP contribution in [0.1, 0.15) is 5.56 Å². The molecular weight excluding hydrogens is 188 g/mol. The Morgan fingerprint density at radius 2 is 1.79 bits per heavy atom. The monoisotopic (exact) mass is 208 g/mol. The lowest BCUT2D eigenvalue weighted by molar-refractivity contribution is 0.246. The lowest BCUT2D eigenvalue weighted by atomic mass is 10.2. The molecule has 0 N–H and O–H groups in total. The molecule has 0 fully saturated rings. The lowest BCUT2D eigenvalue weighted by Crippen LogP contribution is -2.32. The van der Waals surface area contributed by atoms with Crippen LogP contribution in [-0.4, -0.2) is 21.4 Å². The normalized spacial score (nSPS) is 11.6. The first-order chi connectivity index (χ1) is 6.64. The Bertz CT molecular complexity index is 256. The lowest BCUT2D eigenvalue weighted by Gasteiger charge is -2.20. The van der Waals surface area contributed by atoms with Crippen LogP contribution in [0.15, 0.2) is 30.3 Å². The van der Waals surface area contributed by atoms with Gasteiger partial charge in [-0.2, -0.15) is 0 Å². The van der Waals surface area contributed by atoms with Gasteiger partial charge in [-0.25, -0.2) is 0 Å². The maximum Gasteiger partial charge on any atom is 0.0779 e. The van der Waals surface area contributed by atoms with Crippen molar-refractivity contribution in [1.29, 1.82) is 0 Å². The van der Waals surface area contributed by atoms with Crippen LogP contribution in [0.2, 0.25) is 19.1 Å². The van der Waals surface area contributed by atoms with Gasteiger partial charge in [0, 0.05) is 13.3 Å². The fraction of sp³-hybridized carbons (Fsp3) is 0.500. The fourth-order valence-electron chi connectivity index (χ4n) is 1.59. The Balaban J connectivity index is 2.40. The van der Waals surface area contributed by atoms with Crippen molar-refractivity contribution in [3.63, 3.8) is 0 Å². The molecule has 0 aliphatic carbocycles. The molecule has 1 aromatic carbocycles. The van der Waals surface area contributed by atoms with E-state index in [1.54, 1.807) is 7.11 Å². The van der Waals surface area contributed by atoms with E-state index in [-0.39, 0.29) is 0 Å². The van der Waals surface area contributed by atoms with Gasteiger partial charge in [0.1, 0.15) is 0 Å². The van der Waals surface area contributed by atoms with Gasteiger partial charge in [0.15, 0.2) is 0 Å². The number of ether oxygens (including phenoxy) is 1. The summed E-state index contributed by atoms with van der Waals surface area (Å²) in [5, 5.41) is 0. The first-order valence-corrected chi connectivity index (χ1v) is 8.58. The second-order valence-electron chi connectivity index (χ2n) is 4.58. The van der Waals surface area contributed by atoms with Crippen molar-refractivity contribution in [2.45, 2.75) is 25.6 Å². The van der Waals surface area contributed by atoms with Crippen LogP contribution in [0.3, 0.4) is 0 Å². The molecule has 1 nitrogen and oxygen atoms in total. The third-order valence-corrected chi connectivity index (χ3v) is 5.14. The van der Waals surface area contributed by atoms with Crippen molar-refractivity contribution in [2.24, 2.45) is 0 Å². The molecule has 0 atom stereocenters. The second-order valence-corrected chi connectivity index (χ2v) is 9.70. The minimum atomic E-state index is -1.11. The second kappa shape index (κ2) is 5.32. The molecule has 0 saturated carbocycles. The maximum atomic E-state index is 5.26. The fourth-order valence-corrected chi connectivity index (χ4v) is 3.48. The third kappa shape index (κ3) is 4.07. The smallest absolute Gasteiger partial charge is 0.0779 e. The molecule has 0 spiro atoms. The molecule has 0 bridgehead atoms. The van der Waals surface area contributed by atoms with Crippen LogP contribution in [0.25, 0.3) is 0 Å². The van der Waals surface area contributed by atoms with E-state index in [0.717, 1.165) is 6.23 Å². The molecule has 1 rings (SSSR count). The summed E-state index contributed by atoms with van der Waals surface area (Å²) in [7, 11) is 0.695. The van der Waals surface area contributed by atoms with Crippen LogP contribution >= 0.6 is 0 Å². The molecule has 0 unspecified atom stereocenters. The largest absolute Gasteiger partial charge is 0.388 e. The van der Waals surface area contributed by atoms with Crippen LogP contribution in [-0.2, 0) is 11.2 Å². The number of hydrogen-bond acceptors (Lipinski definition) is 1. The topological polar surface area (TPSA) is 9.23 Å². The van der Waals surface area contributed by atoms with Gasteiger partial charge < -0.3 is 4.74 Å². The Labute approximate surface area is 88.1 Å². The summed E-state index contributed by atoms with van der Waals surface area (Å²) in [6, 6.07) is 12.0. The van der Waals surface area contributed by atoms with Gasteiger partial charge in [0.05, 0.1) is 8.07 Å². The predicted octanol–water partition coefficient (Wildman–Crippen LogP) is 3.12. The van der Waals surface area contributed by atoms with Crippen LogP contribution in [0.4, 0.5) is 0 Å². The van der Waals surface area contributed by atoms with E-state index in [4.69, 9.17) is 4.74 Å². The Hall–Kier alpha value is -0.603. The van der Waals surface area contributed by atoms with Gasteiger partial charge >= 0.3 is 0 Å². The SMILES string of the molecule is COC[Si](C)(C)CCc1ccccc1. The van der Waals surface area contributed by atoms with Gasteiger partial charge in [0.2, 0.25) is 0 Å². The summed E-state index contributed by atoms with van der Waals surface area (Å²) in [6.07, 6.45) is 2.17. The average molecular weight is 208 g/mol. The number of aryl methyl sites for hydroxylation is 1. The minimum Gasteiger partial charge on any atom is -0.388 e. The summed E-state index contributed by atoms with van der Waals surface area (Å²) >= 11 is 0. The summed E-state index contributed by atoms with van der Waals surface area (Å²) in [4.78, 5) is 0. The number of hydrogen-bond donors (Lipinski definition) is 0. The van der Waals surface area contributed by atoms with E-state index in [1.807, 2.05) is 0 Å². The van der Waals surface area contributed by atoms with Gasteiger partial charge in [-0.3, -0.25) is 0 Å². The van der Waals surface area contributed by atoms with Crippen LogP contribution < -0.4 is 0 Å². The van der Waals surface area contributed by atoms with Crippen LogP contribution in [0.5, 0.6) is 0 Å². The number of methoxy groups -OCH3 is 1. The minimum absolute atomic E-state index is 0.972. The molecular formula is C12H20OSi. The van der Waals surface area contributed by atoms with Gasteiger partial charge in [-0.1, -0.05) is 49.5 Å². The Kier molecular flexibility index (Phi) is 4.36. The molecule has 2 heteroatoms. The van der Waals surface area contributed by atoms with Crippen molar-refractivity contribution in [2.75, 3.05) is 13.3 Å². The zero-order valence-electron chi connectivity index (χ0n) is 9.42. The summed E-state index contributed by atoms with van der Waals surface area (Å²) in [5.41, 5.74) is 1.45. The summed E-state index contributed by atoms with van der Waals surface area (Å²) < 4.78 is 5.26. The molecule has 1 aromatic rings. The van der Waals surface area contributed by atoms with Gasteiger partial charge in [-0.05, 0) is 12.0 Å².